The number of hydrogen-bond acceptors (Lipinski definition) is 3. The van der Waals surface area contributed by atoms with Crippen LogP contribution in [0.3, 0.4) is 0 Å². The highest BCUT2D eigenvalue weighted by Crippen LogP contribution is 2.23. The Morgan fingerprint density at radius 1 is 1.29 bits per heavy atom. The number of β-amino-alcohol motifs (C(OH)–C–C–N with tert-alkyl or cyclic N) is 1. The number of amides is 1. The number of aliphatic hydroxyl groups excluding tert-OH is 1. The molecule has 0 aromatic heterocycles. The molecule has 17 heavy (non-hydrogen) atoms. The zero-order valence-corrected chi connectivity index (χ0v) is 10.9. The third-order valence-electron chi connectivity index (χ3n) is 4.16. The van der Waals surface area contributed by atoms with Crippen LogP contribution in [0.5, 0.6) is 0 Å². The van der Waals surface area contributed by atoms with Gasteiger partial charge in [-0.15, -0.1) is 0 Å². The Kier molecular flexibility index (Phi) is 4.05. The van der Waals surface area contributed by atoms with Crippen molar-refractivity contribution in [1.82, 2.24) is 9.80 Å². The number of rotatable bonds is 4. The molecule has 3 unspecified atom stereocenters. The Bertz CT molecular complexity index is 273. The van der Waals surface area contributed by atoms with Gasteiger partial charge in [0.1, 0.15) is 0 Å². The topological polar surface area (TPSA) is 43.8 Å². The van der Waals surface area contributed by atoms with E-state index in [2.05, 4.69) is 18.7 Å². The average molecular weight is 240 g/mol. The third-order valence-corrected chi connectivity index (χ3v) is 4.16. The Balaban J connectivity index is 1.80. The highest BCUT2D eigenvalue weighted by atomic mass is 16.3. The molecule has 0 aliphatic carbocycles. The van der Waals surface area contributed by atoms with E-state index in [1.807, 2.05) is 0 Å². The molecule has 98 valence electrons. The maximum atomic E-state index is 11.5. The average Bonchev–Trinajstić information content (AvgIpc) is 2.80. The fourth-order valence-electron chi connectivity index (χ4n) is 3.06. The van der Waals surface area contributed by atoms with E-state index in [0.29, 0.717) is 31.6 Å². The van der Waals surface area contributed by atoms with E-state index in [0.717, 1.165) is 13.0 Å². The van der Waals surface area contributed by atoms with Gasteiger partial charge in [-0.05, 0) is 33.1 Å². The van der Waals surface area contributed by atoms with Gasteiger partial charge in [-0.25, -0.2) is 0 Å². The van der Waals surface area contributed by atoms with Crippen molar-refractivity contribution in [2.45, 2.75) is 57.7 Å². The zero-order valence-electron chi connectivity index (χ0n) is 10.9. The van der Waals surface area contributed by atoms with Crippen LogP contribution < -0.4 is 0 Å². The first-order chi connectivity index (χ1) is 8.08. The van der Waals surface area contributed by atoms with Crippen LogP contribution in [0.2, 0.25) is 0 Å². The second-order valence-electron chi connectivity index (χ2n) is 5.57. The SMILES string of the molecule is CC1CCC(C)N1CC(O)CN1CCCC1=O. The van der Waals surface area contributed by atoms with Crippen LogP contribution in [0.1, 0.15) is 39.5 Å². The van der Waals surface area contributed by atoms with Crippen molar-refractivity contribution in [3.8, 4) is 0 Å². The van der Waals surface area contributed by atoms with E-state index in [9.17, 15) is 9.90 Å². The van der Waals surface area contributed by atoms with Gasteiger partial charge < -0.3 is 10.0 Å². The van der Waals surface area contributed by atoms with Crippen LogP contribution in [0.25, 0.3) is 0 Å². The van der Waals surface area contributed by atoms with E-state index < -0.39 is 6.10 Å². The Morgan fingerprint density at radius 2 is 1.94 bits per heavy atom. The van der Waals surface area contributed by atoms with Crippen LogP contribution >= 0.6 is 0 Å². The first kappa shape index (κ1) is 12.8. The molecular weight excluding hydrogens is 216 g/mol. The van der Waals surface area contributed by atoms with Gasteiger partial charge in [0.05, 0.1) is 6.10 Å². The quantitative estimate of drug-likeness (QED) is 0.792. The summed E-state index contributed by atoms with van der Waals surface area (Å²) in [7, 11) is 0. The van der Waals surface area contributed by atoms with Crippen LogP contribution in [-0.4, -0.2) is 58.6 Å². The summed E-state index contributed by atoms with van der Waals surface area (Å²) in [5, 5.41) is 10.1. The fraction of sp³-hybridized carbons (Fsp3) is 0.923. The van der Waals surface area contributed by atoms with Crippen molar-refractivity contribution in [2.75, 3.05) is 19.6 Å². The molecule has 3 atom stereocenters. The molecule has 2 aliphatic heterocycles. The summed E-state index contributed by atoms with van der Waals surface area (Å²) >= 11 is 0. The highest BCUT2D eigenvalue weighted by molar-refractivity contribution is 5.78. The van der Waals surface area contributed by atoms with E-state index in [4.69, 9.17) is 0 Å². The lowest BCUT2D eigenvalue weighted by molar-refractivity contribution is -0.129. The molecule has 0 aromatic rings. The molecule has 0 bridgehead atoms. The predicted octanol–water partition coefficient (Wildman–Crippen LogP) is 0.842. The zero-order chi connectivity index (χ0) is 12.4. The molecule has 0 aromatic carbocycles. The van der Waals surface area contributed by atoms with Crippen molar-refractivity contribution < 1.29 is 9.90 Å². The number of carbonyl (C=O) groups excluding carboxylic acids is 1. The monoisotopic (exact) mass is 240 g/mol. The lowest BCUT2D eigenvalue weighted by Crippen LogP contribution is -2.44. The van der Waals surface area contributed by atoms with E-state index >= 15 is 0 Å². The summed E-state index contributed by atoms with van der Waals surface area (Å²) in [6, 6.07) is 1.13. The summed E-state index contributed by atoms with van der Waals surface area (Å²) in [4.78, 5) is 15.6. The molecule has 1 amide bonds. The van der Waals surface area contributed by atoms with Crippen LogP contribution in [0.4, 0.5) is 0 Å². The summed E-state index contributed by atoms with van der Waals surface area (Å²) in [5.74, 6) is 0.201. The molecule has 1 N–H and O–H groups in total. The second kappa shape index (κ2) is 5.36. The number of hydrogen-bond donors (Lipinski definition) is 1. The molecule has 4 heteroatoms. The van der Waals surface area contributed by atoms with Crippen LogP contribution in [0, 0.1) is 0 Å². The largest absolute Gasteiger partial charge is 0.390 e. The molecule has 2 aliphatic rings. The van der Waals surface area contributed by atoms with Gasteiger partial charge in [-0.1, -0.05) is 0 Å². The normalized spacial score (nSPS) is 32.4. The minimum Gasteiger partial charge on any atom is -0.390 e. The van der Waals surface area contributed by atoms with Crippen molar-refractivity contribution in [1.29, 1.82) is 0 Å². The van der Waals surface area contributed by atoms with Gasteiger partial charge in [-0.3, -0.25) is 9.69 Å². The minimum absolute atomic E-state index is 0.201. The van der Waals surface area contributed by atoms with E-state index in [-0.39, 0.29) is 5.91 Å². The van der Waals surface area contributed by atoms with E-state index in [1.165, 1.54) is 12.8 Å². The maximum Gasteiger partial charge on any atom is 0.222 e. The molecular formula is C13H24N2O2. The van der Waals surface area contributed by atoms with Gasteiger partial charge in [0.15, 0.2) is 0 Å². The summed E-state index contributed by atoms with van der Waals surface area (Å²) in [6.45, 7) is 6.47. The third kappa shape index (κ3) is 2.99. The summed E-state index contributed by atoms with van der Waals surface area (Å²) in [6.07, 6.45) is 3.64. The van der Waals surface area contributed by atoms with Gasteiger partial charge >= 0.3 is 0 Å². The second-order valence-corrected chi connectivity index (χ2v) is 5.57. The molecule has 2 fully saturated rings. The molecule has 4 nitrogen and oxygen atoms in total. The number of aliphatic hydroxyl groups is 1. The van der Waals surface area contributed by atoms with E-state index in [1.54, 1.807) is 4.90 Å². The summed E-state index contributed by atoms with van der Waals surface area (Å²) < 4.78 is 0. The first-order valence-corrected chi connectivity index (χ1v) is 6.79. The fourth-order valence-corrected chi connectivity index (χ4v) is 3.06. The van der Waals surface area contributed by atoms with Gasteiger partial charge in [0.25, 0.3) is 0 Å². The Labute approximate surface area is 104 Å². The van der Waals surface area contributed by atoms with Gasteiger partial charge in [0, 0.05) is 38.1 Å². The number of likely N-dealkylation sites (tertiary alicyclic amines) is 2. The highest BCUT2D eigenvalue weighted by Gasteiger charge is 2.30. The lowest BCUT2D eigenvalue weighted by atomic mass is 10.2. The lowest BCUT2D eigenvalue weighted by Gasteiger charge is -2.30. The molecule has 0 spiro atoms. The van der Waals surface area contributed by atoms with Crippen molar-refractivity contribution in [2.24, 2.45) is 0 Å². The predicted molar refractivity (Wildman–Crippen MR) is 66.7 cm³/mol. The number of carbonyl (C=O) groups is 1. The minimum atomic E-state index is -0.403. The molecule has 0 saturated carbocycles. The maximum absolute atomic E-state index is 11.5. The van der Waals surface area contributed by atoms with Crippen molar-refractivity contribution in [3.63, 3.8) is 0 Å². The van der Waals surface area contributed by atoms with Gasteiger partial charge in [0.2, 0.25) is 5.91 Å². The molecule has 2 heterocycles. The van der Waals surface area contributed by atoms with Gasteiger partial charge in [-0.2, -0.15) is 0 Å². The van der Waals surface area contributed by atoms with Crippen molar-refractivity contribution >= 4 is 5.91 Å². The smallest absolute Gasteiger partial charge is 0.222 e. The Morgan fingerprint density at radius 3 is 2.47 bits per heavy atom. The summed E-state index contributed by atoms with van der Waals surface area (Å²) in [5.41, 5.74) is 0. The molecule has 2 rings (SSSR count). The number of nitrogens with zero attached hydrogens (tertiary/aromatic N) is 2. The van der Waals surface area contributed by atoms with Crippen LogP contribution in [0.15, 0.2) is 0 Å². The van der Waals surface area contributed by atoms with Crippen LogP contribution in [-0.2, 0) is 4.79 Å². The Hall–Kier alpha value is -0.610. The molecule has 0 radical (unpaired) electrons. The first-order valence-electron chi connectivity index (χ1n) is 6.79. The van der Waals surface area contributed by atoms with Crippen molar-refractivity contribution in [3.05, 3.63) is 0 Å². The standard InChI is InChI=1S/C13H24N2O2/c1-10-5-6-11(2)15(10)9-12(16)8-14-7-3-4-13(14)17/h10-12,16H,3-9H2,1-2H3. The molecule has 2 saturated heterocycles.